The molecular weight excluding hydrogens is 633 g/mol. The molecule has 0 saturated heterocycles. The Morgan fingerprint density at radius 2 is 1.62 bits per heavy atom. The first kappa shape index (κ1) is 37.3. The number of carbonyl (C=O) groups is 3. The molecule has 4 rings (SSSR count). The fourth-order valence-corrected chi connectivity index (χ4v) is 5.91. The van der Waals surface area contributed by atoms with Gasteiger partial charge in [-0.3, -0.25) is 19.2 Å². The molecule has 0 atom stereocenters. The van der Waals surface area contributed by atoms with Gasteiger partial charge in [0.05, 0.1) is 11.3 Å². The third-order valence-electron chi connectivity index (χ3n) is 8.46. The summed E-state index contributed by atoms with van der Waals surface area (Å²) in [5.41, 5.74) is 3.87. The molecule has 0 aliphatic carbocycles. The number of aromatic nitrogens is 1. The number of nitrogens with one attached hydrogen (secondary N) is 3. The Morgan fingerprint density at radius 3 is 2.26 bits per heavy atom. The van der Waals surface area contributed by atoms with Gasteiger partial charge in [-0.1, -0.05) is 38.6 Å². The van der Waals surface area contributed by atoms with Gasteiger partial charge in [-0.05, 0) is 111 Å². The van der Waals surface area contributed by atoms with Gasteiger partial charge in [0.1, 0.15) is 11.4 Å². The summed E-state index contributed by atoms with van der Waals surface area (Å²) < 4.78 is 16.3. The monoisotopic (exact) mass is 679 g/mol. The number of rotatable bonds is 13. The lowest BCUT2D eigenvalue weighted by Gasteiger charge is -2.23. The number of halogens is 1. The van der Waals surface area contributed by atoms with Crippen molar-refractivity contribution in [3.05, 3.63) is 118 Å². The second-order valence-corrected chi connectivity index (χ2v) is 12.9. The van der Waals surface area contributed by atoms with Crippen molar-refractivity contribution in [2.75, 3.05) is 29.0 Å². The number of aryl methyl sites for hydroxylation is 2. The summed E-state index contributed by atoms with van der Waals surface area (Å²) >= 11 is 0. The largest absolute Gasteiger partial charge is 0.351 e. The second kappa shape index (κ2) is 15.8. The van der Waals surface area contributed by atoms with E-state index in [1.165, 1.54) is 18.4 Å². The molecule has 3 aromatic carbocycles. The van der Waals surface area contributed by atoms with E-state index in [0.29, 0.717) is 52.4 Å². The fourth-order valence-electron chi connectivity index (χ4n) is 5.91. The number of carbonyl (C=O) groups excluding carboxylic acids is 3. The molecule has 0 spiro atoms. The van der Waals surface area contributed by atoms with Crippen LogP contribution in [0.4, 0.5) is 27.1 Å². The zero-order valence-electron chi connectivity index (χ0n) is 29.9. The van der Waals surface area contributed by atoms with Crippen molar-refractivity contribution in [3.63, 3.8) is 0 Å². The van der Waals surface area contributed by atoms with Crippen molar-refractivity contribution in [2.45, 2.75) is 60.1 Å². The maximum atomic E-state index is 14.8. The van der Waals surface area contributed by atoms with Crippen LogP contribution in [-0.4, -0.2) is 40.3 Å². The highest BCUT2D eigenvalue weighted by Gasteiger charge is 2.23. The average molecular weight is 680 g/mol. The molecule has 1 aromatic heterocycles. The Bertz CT molecular complexity index is 1990. The van der Waals surface area contributed by atoms with Crippen LogP contribution >= 0.6 is 0 Å². The molecule has 262 valence electrons. The highest BCUT2D eigenvalue weighted by molar-refractivity contribution is 6.07. The van der Waals surface area contributed by atoms with E-state index in [-0.39, 0.29) is 23.1 Å². The standard InChI is InChI=1S/C40H46FN5O4/c1-9-19-46(20-10-2)38(49)31-18-17-29(23-34(31)43-36(47)11-3)42-35-22-28(24-45(8)39(35)50)30-13-12-14-33(26(30)5)44-37(48)27-16-15-25(4)32(21-27)40(6,7)41/h11-18,21-24,42H,3,9-10,19-20H2,1-2,4-8H3,(H,43,47)(H,44,48). The van der Waals surface area contributed by atoms with Crippen LogP contribution in [0.5, 0.6) is 0 Å². The minimum Gasteiger partial charge on any atom is -0.351 e. The van der Waals surface area contributed by atoms with Crippen LogP contribution in [0.1, 0.15) is 77.9 Å². The van der Waals surface area contributed by atoms with Gasteiger partial charge in [-0.25, -0.2) is 4.39 Å². The lowest BCUT2D eigenvalue weighted by Crippen LogP contribution is -2.33. The molecule has 3 N–H and O–H groups in total. The number of amides is 3. The van der Waals surface area contributed by atoms with Gasteiger partial charge in [-0.15, -0.1) is 0 Å². The van der Waals surface area contributed by atoms with E-state index < -0.39 is 11.6 Å². The van der Waals surface area contributed by atoms with Crippen LogP contribution in [0.15, 0.2) is 84.3 Å². The topological polar surface area (TPSA) is 113 Å². The molecule has 0 unspecified atom stereocenters. The summed E-state index contributed by atoms with van der Waals surface area (Å²) in [5, 5.41) is 8.88. The van der Waals surface area contributed by atoms with Gasteiger partial charge < -0.3 is 25.4 Å². The molecule has 50 heavy (non-hydrogen) atoms. The number of hydrogen-bond donors (Lipinski definition) is 3. The van der Waals surface area contributed by atoms with E-state index in [1.54, 1.807) is 66.7 Å². The number of nitrogens with zero attached hydrogens (tertiary/aromatic N) is 2. The molecule has 0 bridgehead atoms. The van der Waals surface area contributed by atoms with Gasteiger partial charge in [0.15, 0.2) is 0 Å². The van der Waals surface area contributed by atoms with Crippen LogP contribution in [-0.2, 0) is 17.5 Å². The Kier molecular flexibility index (Phi) is 11.8. The molecular formula is C40H46FN5O4. The van der Waals surface area contributed by atoms with E-state index in [2.05, 4.69) is 22.5 Å². The average Bonchev–Trinajstić information content (AvgIpc) is 3.07. The second-order valence-electron chi connectivity index (χ2n) is 12.9. The Labute approximate surface area is 293 Å². The number of alkyl halides is 1. The number of anilines is 4. The van der Waals surface area contributed by atoms with Crippen LogP contribution in [0.25, 0.3) is 11.1 Å². The normalized spacial score (nSPS) is 11.1. The van der Waals surface area contributed by atoms with Gasteiger partial charge in [-0.2, -0.15) is 0 Å². The lowest BCUT2D eigenvalue weighted by atomic mass is 9.93. The quantitative estimate of drug-likeness (QED) is 0.123. The van der Waals surface area contributed by atoms with Gasteiger partial charge in [0.25, 0.3) is 17.4 Å². The maximum absolute atomic E-state index is 14.8. The minimum absolute atomic E-state index is 0.200. The maximum Gasteiger partial charge on any atom is 0.274 e. The van der Waals surface area contributed by atoms with Crippen molar-refractivity contribution in [1.29, 1.82) is 0 Å². The molecule has 9 nitrogen and oxygen atoms in total. The summed E-state index contributed by atoms with van der Waals surface area (Å²) in [6.45, 7) is 15.3. The van der Waals surface area contributed by atoms with Crippen LogP contribution in [0.3, 0.4) is 0 Å². The molecule has 0 radical (unpaired) electrons. The van der Waals surface area contributed by atoms with Crippen molar-refractivity contribution in [2.24, 2.45) is 7.05 Å². The summed E-state index contributed by atoms with van der Waals surface area (Å²) in [6, 6.07) is 17.2. The SMILES string of the molecule is C=CC(=O)Nc1cc(Nc2cc(-c3cccc(NC(=O)c4ccc(C)c(C(C)(C)F)c4)c3C)cn(C)c2=O)ccc1C(=O)N(CCC)CCC. The Morgan fingerprint density at radius 1 is 0.920 bits per heavy atom. The number of pyridine rings is 1. The minimum atomic E-state index is -1.60. The van der Waals surface area contributed by atoms with Gasteiger partial charge in [0.2, 0.25) is 5.91 Å². The van der Waals surface area contributed by atoms with Crippen LogP contribution < -0.4 is 21.5 Å². The third kappa shape index (κ3) is 8.55. The zero-order valence-corrected chi connectivity index (χ0v) is 29.9. The van der Waals surface area contributed by atoms with Crippen molar-refractivity contribution >= 4 is 40.5 Å². The lowest BCUT2D eigenvalue weighted by molar-refractivity contribution is -0.111. The first-order valence-corrected chi connectivity index (χ1v) is 16.7. The van der Waals surface area contributed by atoms with E-state index in [0.717, 1.165) is 35.6 Å². The van der Waals surface area contributed by atoms with E-state index in [4.69, 9.17) is 0 Å². The summed E-state index contributed by atoms with van der Waals surface area (Å²) in [7, 11) is 1.65. The molecule has 3 amide bonds. The number of hydrogen-bond acceptors (Lipinski definition) is 5. The molecule has 0 aliphatic rings. The predicted octanol–water partition coefficient (Wildman–Crippen LogP) is 8.26. The molecule has 0 saturated carbocycles. The third-order valence-corrected chi connectivity index (χ3v) is 8.46. The van der Waals surface area contributed by atoms with Crippen LogP contribution in [0, 0.1) is 13.8 Å². The molecule has 1 heterocycles. The number of benzene rings is 3. The predicted molar refractivity (Wildman–Crippen MR) is 200 cm³/mol. The van der Waals surface area contributed by atoms with E-state index in [1.807, 2.05) is 39.8 Å². The van der Waals surface area contributed by atoms with Crippen molar-refractivity contribution < 1.29 is 18.8 Å². The summed E-state index contributed by atoms with van der Waals surface area (Å²) in [6.07, 6.45) is 4.43. The summed E-state index contributed by atoms with van der Waals surface area (Å²) in [5.74, 6) is -1.04. The smallest absolute Gasteiger partial charge is 0.274 e. The highest BCUT2D eigenvalue weighted by Crippen LogP contribution is 2.32. The Hall–Kier alpha value is -5.51. The van der Waals surface area contributed by atoms with Crippen LogP contribution in [0.2, 0.25) is 0 Å². The van der Waals surface area contributed by atoms with E-state index in [9.17, 15) is 23.6 Å². The Balaban J connectivity index is 1.68. The highest BCUT2D eigenvalue weighted by atomic mass is 19.1. The fraction of sp³-hybridized carbons (Fsp3) is 0.300. The van der Waals surface area contributed by atoms with E-state index >= 15 is 0 Å². The first-order chi connectivity index (χ1) is 23.7. The molecule has 4 aromatic rings. The zero-order chi connectivity index (χ0) is 36.7. The van der Waals surface area contributed by atoms with Crippen molar-refractivity contribution in [1.82, 2.24) is 9.47 Å². The molecule has 10 heteroatoms. The van der Waals surface area contributed by atoms with Gasteiger partial charge >= 0.3 is 0 Å². The van der Waals surface area contributed by atoms with Gasteiger partial charge in [0, 0.05) is 48.8 Å². The first-order valence-electron chi connectivity index (χ1n) is 16.7. The molecule has 0 fully saturated rings. The van der Waals surface area contributed by atoms with Crippen molar-refractivity contribution in [3.8, 4) is 11.1 Å². The molecule has 0 aliphatic heterocycles. The summed E-state index contributed by atoms with van der Waals surface area (Å²) in [4.78, 5) is 54.2.